The van der Waals surface area contributed by atoms with Crippen molar-refractivity contribution in [3.63, 3.8) is 0 Å². The number of benzene rings is 3. The number of anilines is 1. The molecule has 0 amide bonds. The molecule has 0 fully saturated rings. The summed E-state index contributed by atoms with van der Waals surface area (Å²) in [6, 6.07) is 26.6. The van der Waals surface area contributed by atoms with Crippen molar-refractivity contribution in [2.75, 3.05) is 18.0 Å². The normalized spacial score (nSPS) is 10.7. The molecule has 0 saturated heterocycles. The van der Waals surface area contributed by atoms with Crippen molar-refractivity contribution in [3.8, 4) is 10.6 Å². The molecule has 3 aromatic carbocycles. The van der Waals surface area contributed by atoms with E-state index in [1.165, 1.54) is 37.6 Å². The van der Waals surface area contributed by atoms with Crippen LogP contribution in [0.1, 0.15) is 25.0 Å². The molecular formula is C25H27ClN2S. The summed E-state index contributed by atoms with van der Waals surface area (Å²) in [6.45, 7) is 9.54. The second-order valence-electron chi connectivity index (χ2n) is 7.17. The van der Waals surface area contributed by atoms with E-state index in [9.17, 15) is 0 Å². The van der Waals surface area contributed by atoms with Crippen molar-refractivity contribution in [1.82, 2.24) is 0 Å². The number of hydrogen-bond donors (Lipinski definition) is 0. The van der Waals surface area contributed by atoms with E-state index < -0.39 is 0 Å². The molecule has 4 aromatic rings. The Morgan fingerprint density at radius 1 is 0.862 bits per heavy atom. The van der Waals surface area contributed by atoms with Crippen LogP contribution in [0.2, 0.25) is 0 Å². The monoisotopic (exact) mass is 422 g/mol. The fourth-order valence-corrected chi connectivity index (χ4v) is 4.88. The van der Waals surface area contributed by atoms with Gasteiger partial charge in [0.05, 0.1) is 5.56 Å². The molecule has 4 rings (SSSR count). The van der Waals surface area contributed by atoms with Crippen molar-refractivity contribution < 1.29 is 17.0 Å². The topological polar surface area (TPSA) is 7.12 Å². The number of thiazole rings is 1. The highest BCUT2D eigenvalue weighted by Gasteiger charge is 2.22. The smallest absolute Gasteiger partial charge is 0.270 e. The van der Waals surface area contributed by atoms with E-state index >= 15 is 0 Å². The van der Waals surface area contributed by atoms with Crippen molar-refractivity contribution in [2.24, 2.45) is 0 Å². The fraction of sp³-hybridized carbons (Fsp3) is 0.240. The van der Waals surface area contributed by atoms with Crippen LogP contribution >= 0.6 is 11.3 Å². The van der Waals surface area contributed by atoms with Crippen LogP contribution in [0.5, 0.6) is 0 Å². The third-order valence-corrected chi connectivity index (χ3v) is 6.50. The first-order valence-corrected chi connectivity index (χ1v) is 10.8. The van der Waals surface area contributed by atoms with Crippen LogP contribution in [0.25, 0.3) is 20.8 Å². The molecule has 29 heavy (non-hydrogen) atoms. The maximum atomic E-state index is 2.47. The molecule has 4 heteroatoms. The van der Waals surface area contributed by atoms with Crippen molar-refractivity contribution in [3.05, 3.63) is 83.9 Å². The van der Waals surface area contributed by atoms with Gasteiger partial charge in [0.1, 0.15) is 4.70 Å². The minimum Gasteiger partial charge on any atom is -1.00 e. The molecule has 0 atom stereocenters. The van der Waals surface area contributed by atoms with Gasteiger partial charge in [0.15, 0.2) is 6.54 Å². The van der Waals surface area contributed by atoms with E-state index in [2.05, 4.69) is 103 Å². The molecule has 0 spiro atoms. The number of aromatic nitrogens is 1. The van der Waals surface area contributed by atoms with Gasteiger partial charge in [-0.05, 0) is 56.7 Å². The van der Waals surface area contributed by atoms with Gasteiger partial charge in [-0.15, -0.1) is 0 Å². The quantitative estimate of drug-likeness (QED) is 0.433. The van der Waals surface area contributed by atoms with E-state index in [1.807, 2.05) is 11.3 Å². The molecule has 0 unspecified atom stereocenters. The van der Waals surface area contributed by atoms with E-state index in [-0.39, 0.29) is 12.4 Å². The molecule has 0 bridgehead atoms. The first kappa shape index (κ1) is 21.4. The molecule has 0 N–H and O–H groups in total. The number of rotatable bonds is 6. The molecule has 0 saturated carbocycles. The minimum absolute atomic E-state index is 0. The first-order chi connectivity index (χ1) is 13.7. The van der Waals surface area contributed by atoms with Gasteiger partial charge in [0, 0.05) is 30.4 Å². The molecule has 150 valence electrons. The summed E-state index contributed by atoms with van der Waals surface area (Å²) in [6.07, 6.45) is 0. The van der Waals surface area contributed by atoms with Crippen molar-refractivity contribution in [1.29, 1.82) is 0 Å². The second-order valence-corrected chi connectivity index (χ2v) is 8.20. The molecule has 0 radical (unpaired) electrons. The summed E-state index contributed by atoms with van der Waals surface area (Å²) < 4.78 is 3.80. The summed E-state index contributed by atoms with van der Waals surface area (Å²) in [5.41, 5.74) is 6.52. The Labute approximate surface area is 183 Å². The maximum Gasteiger partial charge on any atom is 0.270 e. The van der Waals surface area contributed by atoms with Gasteiger partial charge in [-0.25, -0.2) is 0 Å². The molecule has 1 aromatic heterocycles. The zero-order valence-electron chi connectivity index (χ0n) is 17.2. The average molecular weight is 423 g/mol. The molecule has 0 aliphatic carbocycles. The summed E-state index contributed by atoms with van der Waals surface area (Å²) in [5, 5.41) is 1.32. The van der Waals surface area contributed by atoms with Crippen LogP contribution < -0.4 is 21.9 Å². The summed E-state index contributed by atoms with van der Waals surface area (Å²) >= 11 is 1.88. The van der Waals surface area contributed by atoms with Crippen molar-refractivity contribution in [2.45, 2.75) is 27.3 Å². The largest absolute Gasteiger partial charge is 1.00 e. The zero-order chi connectivity index (χ0) is 19.5. The van der Waals surface area contributed by atoms with E-state index in [4.69, 9.17) is 0 Å². The fourth-order valence-electron chi connectivity index (χ4n) is 3.73. The molecule has 2 nitrogen and oxygen atoms in total. The number of hydrogen-bond acceptors (Lipinski definition) is 2. The number of nitrogens with zero attached hydrogens (tertiary/aromatic N) is 2. The SMILES string of the molecule is CCN(CC)c1ccc(-c2sc3ccc(C)cc3[n+]2Cc2ccccc2)cc1.[Cl-]. The Hall–Kier alpha value is -2.36. The van der Waals surface area contributed by atoms with Gasteiger partial charge >= 0.3 is 0 Å². The van der Waals surface area contributed by atoms with Crippen LogP contribution in [0.4, 0.5) is 5.69 Å². The number of fused-ring (bicyclic) bond motifs is 1. The highest BCUT2D eigenvalue weighted by Crippen LogP contribution is 2.31. The Kier molecular flexibility index (Phi) is 6.94. The maximum absolute atomic E-state index is 2.47. The minimum atomic E-state index is 0. The summed E-state index contributed by atoms with van der Waals surface area (Å²) in [7, 11) is 0. The van der Waals surface area contributed by atoms with Crippen LogP contribution in [-0.2, 0) is 6.54 Å². The third kappa shape index (κ3) is 4.47. The lowest BCUT2D eigenvalue weighted by molar-refractivity contribution is -0.647. The number of halogens is 1. The molecule has 0 aliphatic rings. The summed E-state index contributed by atoms with van der Waals surface area (Å²) in [5.74, 6) is 0. The summed E-state index contributed by atoms with van der Waals surface area (Å²) in [4.78, 5) is 2.39. The first-order valence-electron chi connectivity index (χ1n) is 10.0. The lowest BCUT2D eigenvalue weighted by Crippen LogP contribution is -3.00. The van der Waals surface area contributed by atoms with Crippen LogP contribution in [-0.4, -0.2) is 13.1 Å². The van der Waals surface area contributed by atoms with E-state index in [0.717, 1.165) is 19.6 Å². The number of aryl methyl sites for hydroxylation is 1. The van der Waals surface area contributed by atoms with Gasteiger partial charge < -0.3 is 17.3 Å². The zero-order valence-corrected chi connectivity index (χ0v) is 18.8. The Morgan fingerprint density at radius 3 is 2.21 bits per heavy atom. The Bertz CT molecular complexity index is 1070. The molecule has 1 heterocycles. The Morgan fingerprint density at radius 2 is 1.55 bits per heavy atom. The van der Waals surface area contributed by atoms with Crippen LogP contribution in [0.15, 0.2) is 72.8 Å². The third-order valence-electron chi connectivity index (χ3n) is 5.28. The van der Waals surface area contributed by atoms with Gasteiger partial charge in [0.25, 0.3) is 5.01 Å². The van der Waals surface area contributed by atoms with E-state index in [0.29, 0.717) is 0 Å². The second kappa shape index (κ2) is 9.43. The van der Waals surface area contributed by atoms with Gasteiger partial charge in [-0.3, -0.25) is 0 Å². The van der Waals surface area contributed by atoms with E-state index in [1.54, 1.807) is 0 Å². The highest BCUT2D eigenvalue weighted by atomic mass is 35.5. The van der Waals surface area contributed by atoms with Gasteiger partial charge in [-0.2, -0.15) is 4.57 Å². The lowest BCUT2D eigenvalue weighted by atomic mass is 10.1. The predicted octanol–water partition coefficient (Wildman–Crippen LogP) is 3.06. The van der Waals surface area contributed by atoms with Crippen LogP contribution in [0, 0.1) is 6.92 Å². The standard InChI is InChI=1S/C25H27N2S.ClH/c1-4-26(5-2)22-14-12-21(13-15-22)25-27(18-20-9-7-6-8-10-20)23-17-19(3)11-16-24(23)28-25;/h6-17H,4-5,18H2,1-3H3;1H/q+1;/p-1. The van der Waals surface area contributed by atoms with Gasteiger partial charge in [-0.1, -0.05) is 47.7 Å². The van der Waals surface area contributed by atoms with Gasteiger partial charge in [0.2, 0.25) is 5.52 Å². The lowest BCUT2D eigenvalue weighted by Gasteiger charge is -2.20. The van der Waals surface area contributed by atoms with Crippen molar-refractivity contribution >= 4 is 27.2 Å². The average Bonchev–Trinajstić information content (AvgIpc) is 3.08. The predicted molar refractivity (Wildman–Crippen MR) is 121 cm³/mol. The van der Waals surface area contributed by atoms with Crippen LogP contribution in [0.3, 0.4) is 0 Å². The molecular weight excluding hydrogens is 396 g/mol. The molecule has 0 aliphatic heterocycles. The Balaban J connectivity index is 0.00000240. The highest BCUT2D eigenvalue weighted by molar-refractivity contribution is 7.21.